The van der Waals surface area contributed by atoms with Crippen molar-refractivity contribution in [2.75, 3.05) is 18.4 Å². The minimum atomic E-state index is -4.64. The number of aryl methyl sites for hydroxylation is 1. The maximum absolute atomic E-state index is 13.1. The van der Waals surface area contributed by atoms with E-state index in [1.807, 2.05) is 0 Å². The molecular weight excluding hydrogens is 499 g/mol. The molecule has 4 rings (SSSR count). The lowest BCUT2D eigenvalue weighted by molar-refractivity contribution is -0.153. The third-order valence-electron chi connectivity index (χ3n) is 5.99. The number of sulfone groups is 1. The van der Waals surface area contributed by atoms with Crippen LogP contribution in [0.3, 0.4) is 0 Å². The van der Waals surface area contributed by atoms with E-state index in [0.717, 1.165) is 6.07 Å². The molecule has 34 heavy (non-hydrogen) atoms. The first kappa shape index (κ1) is 24.7. The number of hydrogen-bond acceptors (Lipinski definition) is 6. The number of halogens is 4. The zero-order chi connectivity index (χ0) is 24.7. The van der Waals surface area contributed by atoms with Crippen LogP contribution in [0.15, 0.2) is 27.5 Å². The molecule has 1 saturated heterocycles. The minimum Gasteiger partial charge on any atom is -0.504 e. The second kappa shape index (κ2) is 9.31. The lowest BCUT2D eigenvalue weighted by atomic mass is 9.94. The molecule has 0 saturated carbocycles. The molecule has 0 radical (unpaired) electrons. The molecule has 1 unspecified atom stereocenters. The van der Waals surface area contributed by atoms with E-state index >= 15 is 0 Å². The number of phenolic OH excluding ortho intramolecular Hbond substituents is 1. The van der Waals surface area contributed by atoms with Crippen LogP contribution < -0.4 is 16.0 Å². The van der Waals surface area contributed by atoms with Crippen LogP contribution >= 0.6 is 11.6 Å². The van der Waals surface area contributed by atoms with Gasteiger partial charge in [-0.2, -0.15) is 13.2 Å². The lowest BCUT2D eigenvalue weighted by Crippen LogP contribution is -2.39. The van der Waals surface area contributed by atoms with Crippen LogP contribution in [0.4, 0.5) is 23.7 Å². The number of phenols is 1. The van der Waals surface area contributed by atoms with Gasteiger partial charge in [0.2, 0.25) is 5.76 Å². The monoisotopic (exact) mass is 521 g/mol. The molecular formula is C21H23ClF3N3O5S. The molecule has 0 bridgehead atoms. The molecule has 1 aromatic carbocycles. The van der Waals surface area contributed by atoms with E-state index in [2.05, 4.69) is 16.0 Å². The number of furan rings is 1. The highest BCUT2D eigenvalue weighted by Gasteiger charge is 2.39. The van der Waals surface area contributed by atoms with Crippen molar-refractivity contribution in [2.45, 2.75) is 54.5 Å². The van der Waals surface area contributed by atoms with Gasteiger partial charge in [-0.15, -0.1) is 0 Å². The molecule has 4 N–H and O–H groups in total. The highest BCUT2D eigenvalue weighted by atomic mass is 35.5. The van der Waals surface area contributed by atoms with Crippen LogP contribution in [0, 0.1) is 0 Å². The predicted octanol–water partition coefficient (Wildman–Crippen LogP) is 4.38. The van der Waals surface area contributed by atoms with Crippen molar-refractivity contribution in [3.8, 4) is 5.75 Å². The van der Waals surface area contributed by atoms with E-state index in [9.17, 15) is 31.5 Å². The van der Waals surface area contributed by atoms with Gasteiger partial charge in [0.05, 0.1) is 22.0 Å². The van der Waals surface area contributed by atoms with Crippen LogP contribution in [0.5, 0.6) is 5.75 Å². The fourth-order valence-corrected chi connectivity index (χ4v) is 6.67. The molecule has 13 heteroatoms. The number of anilines is 1. The number of amides is 2. The number of aromatic hydroxyl groups is 1. The summed E-state index contributed by atoms with van der Waals surface area (Å²) < 4.78 is 70.2. The van der Waals surface area contributed by atoms with Gasteiger partial charge in [-0.05, 0) is 62.4 Å². The van der Waals surface area contributed by atoms with E-state index in [1.165, 1.54) is 12.1 Å². The van der Waals surface area contributed by atoms with Crippen molar-refractivity contribution in [3.05, 3.63) is 40.3 Å². The minimum absolute atomic E-state index is 0.0297. The summed E-state index contributed by atoms with van der Waals surface area (Å²) in [5.74, 6) is -1.80. The molecule has 1 aromatic heterocycles. The molecule has 2 atom stereocenters. The summed E-state index contributed by atoms with van der Waals surface area (Å²) in [5.41, 5.74) is 0.170. The summed E-state index contributed by atoms with van der Waals surface area (Å²) in [4.78, 5) is 12.1. The van der Waals surface area contributed by atoms with Crippen molar-refractivity contribution in [2.24, 2.45) is 0 Å². The number of carbonyl (C=O) groups is 1. The van der Waals surface area contributed by atoms with Crippen molar-refractivity contribution in [1.82, 2.24) is 10.6 Å². The average molecular weight is 522 g/mol. The predicted molar refractivity (Wildman–Crippen MR) is 118 cm³/mol. The Morgan fingerprint density at radius 1 is 1.24 bits per heavy atom. The highest BCUT2D eigenvalue weighted by Crippen LogP contribution is 2.41. The van der Waals surface area contributed by atoms with E-state index in [0.29, 0.717) is 44.2 Å². The maximum Gasteiger partial charge on any atom is 0.449 e. The molecule has 1 aliphatic carbocycles. The van der Waals surface area contributed by atoms with Crippen LogP contribution in [-0.2, 0) is 22.4 Å². The van der Waals surface area contributed by atoms with E-state index in [-0.39, 0.29) is 23.0 Å². The first-order valence-electron chi connectivity index (χ1n) is 10.7. The summed E-state index contributed by atoms with van der Waals surface area (Å²) in [6, 6.07) is 1.77. The summed E-state index contributed by atoms with van der Waals surface area (Å²) in [7, 11) is -4.00. The number of carbonyl (C=O) groups excluding carboxylic acids is 1. The van der Waals surface area contributed by atoms with Crippen LogP contribution in [0.25, 0.3) is 0 Å². The van der Waals surface area contributed by atoms with E-state index in [4.69, 9.17) is 16.0 Å². The Hall–Kier alpha value is -2.44. The van der Waals surface area contributed by atoms with Crippen LogP contribution in [-0.4, -0.2) is 37.9 Å². The van der Waals surface area contributed by atoms with Gasteiger partial charge in [-0.3, -0.25) is 0 Å². The second-order valence-corrected chi connectivity index (χ2v) is 10.9. The molecule has 8 nitrogen and oxygen atoms in total. The third kappa shape index (κ3) is 4.84. The summed E-state index contributed by atoms with van der Waals surface area (Å²) in [6.45, 7) is 0.903. The summed E-state index contributed by atoms with van der Waals surface area (Å²) in [5, 5.41) is 17.6. The van der Waals surface area contributed by atoms with Gasteiger partial charge in [0.1, 0.15) is 10.7 Å². The topological polar surface area (TPSA) is 121 Å². The van der Waals surface area contributed by atoms with Gasteiger partial charge in [-0.25, -0.2) is 13.2 Å². The van der Waals surface area contributed by atoms with Crippen molar-refractivity contribution in [3.63, 3.8) is 0 Å². The van der Waals surface area contributed by atoms with Crippen LogP contribution in [0.2, 0.25) is 5.02 Å². The Morgan fingerprint density at radius 3 is 2.68 bits per heavy atom. The van der Waals surface area contributed by atoms with Gasteiger partial charge in [-0.1, -0.05) is 11.6 Å². The SMILES string of the molecule is O=C(Nc1ccc(Cl)c(S(=O)(=O)[C@H]2CCCNC2)c1O)NC1CCCc2cc(C(F)(F)F)oc21. The molecule has 2 aromatic rings. The van der Waals surface area contributed by atoms with Gasteiger partial charge < -0.3 is 25.5 Å². The van der Waals surface area contributed by atoms with Crippen LogP contribution in [0.1, 0.15) is 48.8 Å². The Labute approximate surface area is 198 Å². The molecule has 186 valence electrons. The molecule has 2 amide bonds. The number of benzene rings is 1. The first-order valence-corrected chi connectivity index (χ1v) is 12.6. The third-order valence-corrected chi connectivity index (χ3v) is 8.68. The largest absolute Gasteiger partial charge is 0.504 e. The van der Waals surface area contributed by atoms with Gasteiger partial charge >= 0.3 is 12.2 Å². The zero-order valence-electron chi connectivity index (χ0n) is 17.8. The number of piperidine rings is 1. The fraction of sp³-hybridized carbons (Fsp3) is 0.476. The van der Waals surface area contributed by atoms with Gasteiger partial charge in [0.25, 0.3) is 0 Å². The lowest BCUT2D eigenvalue weighted by Gasteiger charge is -2.24. The quantitative estimate of drug-likeness (QED) is 0.443. The van der Waals surface area contributed by atoms with Crippen molar-refractivity contribution in [1.29, 1.82) is 0 Å². The number of rotatable bonds is 4. The fourth-order valence-electron chi connectivity index (χ4n) is 4.32. The normalized spacial score (nSPS) is 21.1. The molecule has 2 aliphatic rings. The molecule has 2 heterocycles. The number of alkyl halides is 3. The smallest absolute Gasteiger partial charge is 0.449 e. The molecule has 0 spiro atoms. The Bertz CT molecular complexity index is 1190. The standard InChI is InChI=1S/C21H23ClF3N3O5S/c22-13-6-7-14(17(29)19(13)34(31,32)12-4-2-8-26-10-12)27-20(30)28-15-5-1-3-11-9-16(21(23,24)25)33-18(11)15/h6-7,9,12,15,26,29H,1-5,8,10H2,(H2,27,28,30)/t12-,15?/m0/s1. The van der Waals surface area contributed by atoms with Crippen molar-refractivity contribution < 1.29 is 35.9 Å². The zero-order valence-corrected chi connectivity index (χ0v) is 19.4. The molecule has 1 fully saturated rings. The summed E-state index contributed by atoms with van der Waals surface area (Å²) in [6.07, 6.45) is -2.31. The number of hydrogen-bond donors (Lipinski definition) is 4. The average Bonchev–Trinajstić information content (AvgIpc) is 3.22. The Morgan fingerprint density at radius 2 is 2.00 bits per heavy atom. The van der Waals surface area contributed by atoms with Gasteiger partial charge in [0.15, 0.2) is 15.6 Å². The first-order chi connectivity index (χ1) is 16.0. The number of nitrogens with one attached hydrogen (secondary N) is 3. The second-order valence-electron chi connectivity index (χ2n) is 8.33. The number of urea groups is 1. The number of fused-ring (bicyclic) bond motifs is 1. The highest BCUT2D eigenvalue weighted by molar-refractivity contribution is 7.92. The van der Waals surface area contributed by atoms with E-state index in [1.54, 1.807) is 0 Å². The Balaban J connectivity index is 1.54. The molecule has 1 aliphatic heterocycles. The maximum atomic E-state index is 13.1. The summed E-state index contributed by atoms with van der Waals surface area (Å²) >= 11 is 6.10. The van der Waals surface area contributed by atoms with E-state index < -0.39 is 49.7 Å². The van der Waals surface area contributed by atoms with Gasteiger partial charge in [0, 0.05) is 6.54 Å². The Kier molecular flexibility index (Phi) is 6.76. The van der Waals surface area contributed by atoms with Crippen molar-refractivity contribution >= 4 is 33.2 Å².